The third-order valence-corrected chi connectivity index (χ3v) is 2.66. The zero-order valence-electron chi connectivity index (χ0n) is 7.16. The Kier molecular flexibility index (Phi) is 2.40. The molecule has 1 aromatic rings. The Morgan fingerprint density at radius 2 is 2.08 bits per heavy atom. The van der Waals surface area contributed by atoms with Crippen molar-refractivity contribution in [1.82, 2.24) is 5.32 Å². The van der Waals surface area contributed by atoms with Gasteiger partial charge in [0.05, 0.1) is 5.69 Å². The maximum absolute atomic E-state index is 5.57. The first-order valence-corrected chi connectivity index (χ1v) is 5.14. The van der Waals surface area contributed by atoms with Gasteiger partial charge in [0.25, 0.3) is 0 Å². The molecule has 0 amide bonds. The average molecular weight is 193 g/mol. The number of anilines is 1. The van der Waals surface area contributed by atoms with E-state index in [0.29, 0.717) is 0 Å². The summed E-state index contributed by atoms with van der Waals surface area (Å²) in [6.07, 6.45) is 0. The fourth-order valence-corrected chi connectivity index (χ4v) is 1.87. The van der Waals surface area contributed by atoms with Gasteiger partial charge in [-0.25, -0.2) is 4.99 Å². The number of hydrogen-bond donors (Lipinski definition) is 2. The van der Waals surface area contributed by atoms with Gasteiger partial charge < -0.3 is 11.1 Å². The molecule has 1 saturated heterocycles. The number of nitrogens with zero attached hydrogens (tertiary/aromatic N) is 1. The van der Waals surface area contributed by atoms with Crippen molar-refractivity contribution >= 4 is 28.3 Å². The molecule has 68 valence electrons. The van der Waals surface area contributed by atoms with E-state index in [1.165, 1.54) is 0 Å². The number of amidine groups is 1. The molecular formula is C9H11N3S. The van der Waals surface area contributed by atoms with Crippen LogP contribution in [0.5, 0.6) is 0 Å². The second-order valence-electron chi connectivity index (χ2n) is 2.78. The minimum absolute atomic E-state index is 0.774. The lowest BCUT2D eigenvalue weighted by Gasteiger charge is -1.97. The summed E-state index contributed by atoms with van der Waals surface area (Å²) in [4.78, 5) is 4.41. The Bertz CT molecular complexity index is 310. The van der Waals surface area contributed by atoms with E-state index in [4.69, 9.17) is 5.73 Å². The molecule has 13 heavy (non-hydrogen) atoms. The van der Waals surface area contributed by atoms with Gasteiger partial charge >= 0.3 is 0 Å². The predicted octanol–water partition coefficient (Wildman–Crippen LogP) is 1.59. The summed E-state index contributed by atoms with van der Waals surface area (Å²) >= 11 is 1.75. The third kappa shape index (κ3) is 2.15. The Labute approximate surface area is 81.4 Å². The summed E-state index contributed by atoms with van der Waals surface area (Å²) in [6.45, 7) is 1.01. The molecule has 1 aromatic carbocycles. The molecule has 3 nitrogen and oxygen atoms in total. The lowest BCUT2D eigenvalue weighted by molar-refractivity contribution is 1.02. The molecule has 0 aliphatic carbocycles. The molecule has 4 heteroatoms. The number of benzene rings is 1. The van der Waals surface area contributed by atoms with Crippen molar-refractivity contribution in [1.29, 1.82) is 0 Å². The molecule has 0 unspecified atom stereocenters. The van der Waals surface area contributed by atoms with Crippen LogP contribution in [0, 0.1) is 0 Å². The van der Waals surface area contributed by atoms with Gasteiger partial charge in [0.15, 0.2) is 5.17 Å². The SMILES string of the molecule is Nc1ccc(N=C2NCCS2)cc1. The zero-order chi connectivity index (χ0) is 9.10. The highest BCUT2D eigenvalue weighted by Gasteiger charge is 2.06. The highest BCUT2D eigenvalue weighted by atomic mass is 32.2. The van der Waals surface area contributed by atoms with Crippen LogP contribution in [0.1, 0.15) is 0 Å². The Balaban J connectivity index is 2.17. The lowest BCUT2D eigenvalue weighted by Crippen LogP contribution is -2.12. The van der Waals surface area contributed by atoms with E-state index in [1.54, 1.807) is 11.8 Å². The van der Waals surface area contributed by atoms with Crippen LogP contribution < -0.4 is 11.1 Å². The van der Waals surface area contributed by atoms with Crippen molar-refractivity contribution < 1.29 is 0 Å². The van der Waals surface area contributed by atoms with Crippen LogP contribution in [0.25, 0.3) is 0 Å². The topological polar surface area (TPSA) is 50.4 Å². The Hall–Kier alpha value is -1.16. The summed E-state index contributed by atoms with van der Waals surface area (Å²) in [5, 5.41) is 4.21. The van der Waals surface area contributed by atoms with Gasteiger partial charge in [-0.15, -0.1) is 0 Å². The van der Waals surface area contributed by atoms with Gasteiger partial charge in [-0.05, 0) is 24.3 Å². The maximum atomic E-state index is 5.57. The highest BCUT2D eigenvalue weighted by Crippen LogP contribution is 2.17. The summed E-state index contributed by atoms with van der Waals surface area (Å²) in [6, 6.07) is 7.56. The van der Waals surface area contributed by atoms with Crippen LogP contribution in [0.4, 0.5) is 11.4 Å². The fourth-order valence-electron chi connectivity index (χ4n) is 1.09. The van der Waals surface area contributed by atoms with Crippen LogP contribution >= 0.6 is 11.8 Å². The van der Waals surface area contributed by atoms with E-state index in [-0.39, 0.29) is 0 Å². The van der Waals surface area contributed by atoms with Gasteiger partial charge in [-0.2, -0.15) is 0 Å². The normalized spacial score (nSPS) is 18.9. The lowest BCUT2D eigenvalue weighted by atomic mass is 10.3. The monoisotopic (exact) mass is 193 g/mol. The van der Waals surface area contributed by atoms with E-state index in [2.05, 4.69) is 10.3 Å². The van der Waals surface area contributed by atoms with Crippen LogP contribution in [0.2, 0.25) is 0 Å². The van der Waals surface area contributed by atoms with E-state index < -0.39 is 0 Å². The summed E-state index contributed by atoms with van der Waals surface area (Å²) in [5.74, 6) is 1.10. The molecule has 1 aliphatic heterocycles. The summed E-state index contributed by atoms with van der Waals surface area (Å²) in [5.41, 5.74) is 7.29. The molecular weight excluding hydrogens is 182 g/mol. The molecule has 0 saturated carbocycles. The molecule has 0 aromatic heterocycles. The smallest absolute Gasteiger partial charge is 0.161 e. The molecule has 2 rings (SSSR count). The van der Waals surface area contributed by atoms with Gasteiger partial charge in [-0.1, -0.05) is 11.8 Å². The molecule has 0 spiro atoms. The van der Waals surface area contributed by atoms with Crippen molar-refractivity contribution in [2.75, 3.05) is 18.0 Å². The number of hydrogen-bond acceptors (Lipinski definition) is 3. The van der Waals surface area contributed by atoms with Crippen molar-refractivity contribution in [2.45, 2.75) is 0 Å². The average Bonchev–Trinajstić information content (AvgIpc) is 2.62. The number of nitrogens with two attached hydrogens (primary N) is 1. The number of aliphatic imine (C=N–C) groups is 1. The number of nitrogen functional groups attached to an aromatic ring is 1. The quantitative estimate of drug-likeness (QED) is 0.666. The van der Waals surface area contributed by atoms with Gasteiger partial charge in [-0.3, -0.25) is 0 Å². The van der Waals surface area contributed by atoms with Crippen LogP contribution in [0.15, 0.2) is 29.3 Å². The Morgan fingerprint density at radius 1 is 1.31 bits per heavy atom. The molecule has 1 aliphatic rings. The van der Waals surface area contributed by atoms with Crippen molar-refractivity contribution in [3.63, 3.8) is 0 Å². The second kappa shape index (κ2) is 3.70. The number of nitrogens with one attached hydrogen (secondary N) is 1. The molecule has 3 N–H and O–H groups in total. The summed E-state index contributed by atoms with van der Waals surface area (Å²) in [7, 11) is 0. The second-order valence-corrected chi connectivity index (χ2v) is 3.87. The first-order chi connectivity index (χ1) is 6.34. The van der Waals surface area contributed by atoms with E-state index >= 15 is 0 Å². The van der Waals surface area contributed by atoms with E-state index in [1.807, 2.05) is 24.3 Å². The first-order valence-electron chi connectivity index (χ1n) is 4.15. The van der Waals surface area contributed by atoms with Crippen LogP contribution in [0.3, 0.4) is 0 Å². The molecule has 0 bridgehead atoms. The van der Waals surface area contributed by atoms with Crippen molar-refractivity contribution in [2.24, 2.45) is 4.99 Å². The largest absolute Gasteiger partial charge is 0.399 e. The Morgan fingerprint density at radius 3 is 2.69 bits per heavy atom. The van der Waals surface area contributed by atoms with E-state index in [9.17, 15) is 0 Å². The minimum Gasteiger partial charge on any atom is -0.399 e. The maximum Gasteiger partial charge on any atom is 0.161 e. The van der Waals surface area contributed by atoms with Crippen molar-refractivity contribution in [3.05, 3.63) is 24.3 Å². The standard InChI is InChI=1S/C9H11N3S/c10-7-1-3-8(4-2-7)12-9-11-5-6-13-9/h1-4H,5-6,10H2,(H,11,12). The van der Waals surface area contributed by atoms with Crippen LogP contribution in [-0.2, 0) is 0 Å². The fraction of sp³-hybridized carbons (Fsp3) is 0.222. The van der Waals surface area contributed by atoms with E-state index in [0.717, 1.165) is 28.8 Å². The van der Waals surface area contributed by atoms with Gasteiger partial charge in [0, 0.05) is 18.0 Å². The van der Waals surface area contributed by atoms with Crippen molar-refractivity contribution in [3.8, 4) is 0 Å². The van der Waals surface area contributed by atoms with Crippen LogP contribution in [-0.4, -0.2) is 17.5 Å². The first kappa shape index (κ1) is 8.44. The highest BCUT2D eigenvalue weighted by molar-refractivity contribution is 8.14. The molecule has 0 radical (unpaired) electrons. The minimum atomic E-state index is 0.774. The van der Waals surface area contributed by atoms with Gasteiger partial charge in [0.2, 0.25) is 0 Å². The predicted molar refractivity (Wildman–Crippen MR) is 58.4 cm³/mol. The number of rotatable bonds is 1. The van der Waals surface area contributed by atoms with Gasteiger partial charge in [0.1, 0.15) is 0 Å². The summed E-state index contributed by atoms with van der Waals surface area (Å²) < 4.78 is 0. The number of thioether (sulfide) groups is 1. The third-order valence-electron chi connectivity index (χ3n) is 1.74. The molecule has 1 heterocycles. The zero-order valence-corrected chi connectivity index (χ0v) is 7.97. The molecule has 1 fully saturated rings. The molecule has 0 atom stereocenters.